The average Bonchev–Trinajstić information content (AvgIpc) is 3.45. The summed E-state index contributed by atoms with van der Waals surface area (Å²) in [5.41, 5.74) is 2.48. The molecule has 0 saturated heterocycles. The maximum absolute atomic E-state index is 13.9. The summed E-state index contributed by atoms with van der Waals surface area (Å²) < 4.78 is 5.71. The van der Waals surface area contributed by atoms with E-state index in [2.05, 4.69) is 28.1 Å². The lowest BCUT2D eigenvalue weighted by Crippen LogP contribution is -2.53. The Bertz CT molecular complexity index is 1050. The third kappa shape index (κ3) is 4.26. The quantitative estimate of drug-likeness (QED) is 0.678. The fraction of sp³-hybridized carbons (Fsp3) is 0.462. The van der Waals surface area contributed by atoms with E-state index in [4.69, 9.17) is 4.74 Å². The van der Waals surface area contributed by atoms with Gasteiger partial charge in [0.15, 0.2) is 0 Å². The minimum absolute atomic E-state index is 0.0568. The molecular formula is C26H31N3O3S. The van der Waals surface area contributed by atoms with Gasteiger partial charge in [-0.1, -0.05) is 37.1 Å². The largest absolute Gasteiger partial charge is 0.496 e. The van der Waals surface area contributed by atoms with Gasteiger partial charge >= 0.3 is 0 Å². The van der Waals surface area contributed by atoms with Gasteiger partial charge in [-0.15, -0.1) is 11.3 Å². The van der Waals surface area contributed by atoms with Crippen LogP contribution < -0.4 is 15.4 Å². The number of ether oxygens (including phenoxy) is 1. The molecule has 6 nitrogen and oxygen atoms in total. The van der Waals surface area contributed by atoms with Crippen LogP contribution in [0.4, 0.5) is 0 Å². The van der Waals surface area contributed by atoms with Crippen LogP contribution in [0.2, 0.25) is 0 Å². The van der Waals surface area contributed by atoms with E-state index in [1.54, 1.807) is 18.4 Å². The molecule has 0 bridgehead atoms. The van der Waals surface area contributed by atoms with Crippen molar-refractivity contribution in [2.75, 3.05) is 13.7 Å². The Kier molecular flexibility index (Phi) is 6.40. The van der Waals surface area contributed by atoms with Gasteiger partial charge < -0.3 is 20.3 Å². The Morgan fingerprint density at radius 1 is 1.18 bits per heavy atom. The molecule has 2 N–H and O–H groups in total. The van der Waals surface area contributed by atoms with Crippen molar-refractivity contribution in [3.05, 3.63) is 63.5 Å². The summed E-state index contributed by atoms with van der Waals surface area (Å²) in [6.07, 6.45) is 6.36. The smallest absolute Gasteiger partial charge is 0.251 e. The van der Waals surface area contributed by atoms with Crippen molar-refractivity contribution in [3.63, 3.8) is 0 Å². The number of amides is 2. The molecule has 1 aromatic heterocycles. The maximum Gasteiger partial charge on any atom is 0.251 e. The fourth-order valence-corrected chi connectivity index (χ4v) is 6.36. The molecule has 1 aromatic carbocycles. The molecular weight excluding hydrogens is 434 g/mol. The first kappa shape index (κ1) is 22.0. The van der Waals surface area contributed by atoms with Crippen molar-refractivity contribution in [2.45, 2.75) is 63.1 Å². The number of para-hydroxylation sites is 1. The second kappa shape index (κ2) is 9.59. The van der Waals surface area contributed by atoms with E-state index < -0.39 is 6.04 Å². The summed E-state index contributed by atoms with van der Waals surface area (Å²) in [6, 6.07) is 11.7. The lowest BCUT2D eigenvalue weighted by atomic mass is 9.86. The molecule has 33 heavy (non-hydrogen) atoms. The predicted octanol–water partition coefficient (Wildman–Crippen LogP) is 3.95. The Hall–Kier alpha value is -2.80. The van der Waals surface area contributed by atoms with Gasteiger partial charge in [-0.2, -0.15) is 0 Å². The summed E-state index contributed by atoms with van der Waals surface area (Å²) >= 11 is 1.74. The standard InChI is InChI=1S/C26H31N3O3S/c1-32-22-13-5-2-10-18(22)25-24-20(16-27-26(24)31)28-19-11-3-4-12-21(19)29(25)23(30)14-6-8-17-9-7-15-33-17/h2,5,7,9-10,13,15,19,21,25,28H,3-4,6,8,11-12,14,16H2,1H3,(H,27,31)/t19-,21-,25-/m1/s1. The third-order valence-corrected chi connectivity index (χ3v) is 8.05. The van der Waals surface area contributed by atoms with Gasteiger partial charge in [0.1, 0.15) is 5.75 Å². The van der Waals surface area contributed by atoms with E-state index in [1.165, 1.54) is 4.88 Å². The Labute approximate surface area is 199 Å². The van der Waals surface area contributed by atoms with Gasteiger partial charge in [0, 0.05) is 28.6 Å². The van der Waals surface area contributed by atoms with Crippen LogP contribution in [0.25, 0.3) is 0 Å². The Morgan fingerprint density at radius 2 is 2.03 bits per heavy atom. The number of hydrogen-bond donors (Lipinski definition) is 2. The van der Waals surface area contributed by atoms with E-state index in [0.29, 0.717) is 24.3 Å². The number of fused-ring (bicyclic) bond motifs is 1. The maximum atomic E-state index is 13.9. The first-order valence-corrected chi connectivity index (χ1v) is 12.8. The first-order valence-electron chi connectivity index (χ1n) is 11.9. The minimum atomic E-state index is -0.450. The fourth-order valence-electron chi connectivity index (χ4n) is 5.61. The number of carbonyl (C=O) groups excluding carboxylic acids is 2. The Balaban J connectivity index is 1.54. The van der Waals surface area contributed by atoms with Crippen LogP contribution in [-0.2, 0) is 16.0 Å². The zero-order valence-corrected chi connectivity index (χ0v) is 19.8. The second-order valence-corrected chi connectivity index (χ2v) is 10.1. The van der Waals surface area contributed by atoms with E-state index in [0.717, 1.165) is 49.8 Å². The number of rotatable bonds is 6. The Morgan fingerprint density at radius 3 is 2.85 bits per heavy atom. The third-order valence-electron chi connectivity index (χ3n) is 7.11. The summed E-state index contributed by atoms with van der Waals surface area (Å²) in [5.74, 6) is 0.734. The molecule has 174 valence electrons. The minimum Gasteiger partial charge on any atom is -0.496 e. The summed E-state index contributed by atoms with van der Waals surface area (Å²) in [7, 11) is 1.65. The topological polar surface area (TPSA) is 70.7 Å². The average molecular weight is 466 g/mol. The van der Waals surface area contributed by atoms with Gasteiger partial charge in [-0.25, -0.2) is 0 Å². The first-order chi connectivity index (χ1) is 16.2. The number of methoxy groups -OCH3 is 1. The highest BCUT2D eigenvalue weighted by Crippen LogP contribution is 2.43. The van der Waals surface area contributed by atoms with Crippen LogP contribution in [0, 0.1) is 0 Å². The van der Waals surface area contributed by atoms with E-state index in [-0.39, 0.29) is 23.9 Å². The molecule has 3 aliphatic rings. The molecule has 1 saturated carbocycles. The van der Waals surface area contributed by atoms with Crippen LogP contribution in [0.3, 0.4) is 0 Å². The van der Waals surface area contributed by atoms with Crippen molar-refractivity contribution < 1.29 is 14.3 Å². The van der Waals surface area contributed by atoms with Gasteiger partial charge in [0.25, 0.3) is 5.91 Å². The van der Waals surface area contributed by atoms with Gasteiger partial charge in [-0.05, 0) is 43.2 Å². The van der Waals surface area contributed by atoms with Crippen molar-refractivity contribution in [3.8, 4) is 5.75 Å². The number of hydrogen-bond acceptors (Lipinski definition) is 5. The predicted molar refractivity (Wildman–Crippen MR) is 129 cm³/mol. The molecule has 0 spiro atoms. The molecule has 3 heterocycles. The molecule has 0 unspecified atom stereocenters. The molecule has 3 atom stereocenters. The zero-order valence-electron chi connectivity index (χ0n) is 19.0. The molecule has 5 rings (SSSR count). The molecule has 2 aliphatic heterocycles. The van der Waals surface area contributed by atoms with Crippen molar-refractivity contribution >= 4 is 23.2 Å². The number of thiophene rings is 1. The molecule has 0 radical (unpaired) electrons. The van der Waals surface area contributed by atoms with Crippen molar-refractivity contribution in [2.24, 2.45) is 0 Å². The zero-order chi connectivity index (χ0) is 22.8. The van der Waals surface area contributed by atoms with Gasteiger partial charge in [0.05, 0.1) is 31.3 Å². The van der Waals surface area contributed by atoms with Crippen molar-refractivity contribution in [1.82, 2.24) is 15.5 Å². The molecule has 1 fully saturated rings. The summed E-state index contributed by atoms with van der Waals surface area (Å²) in [5, 5.41) is 8.74. The van der Waals surface area contributed by atoms with Crippen LogP contribution in [0.15, 0.2) is 53.0 Å². The van der Waals surface area contributed by atoms with E-state index in [9.17, 15) is 9.59 Å². The second-order valence-electron chi connectivity index (χ2n) is 9.06. The van der Waals surface area contributed by atoms with Crippen LogP contribution in [0.5, 0.6) is 5.75 Å². The van der Waals surface area contributed by atoms with E-state index >= 15 is 0 Å². The number of aryl methyl sites for hydroxylation is 1. The van der Waals surface area contributed by atoms with E-state index in [1.807, 2.05) is 29.2 Å². The number of carbonyl (C=O) groups is 2. The molecule has 7 heteroatoms. The van der Waals surface area contributed by atoms with Crippen LogP contribution in [0.1, 0.15) is 55.0 Å². The lowest BCUT2D eigenvalue weighted by molar-refractivity contribution is -0.137. The highest BCUT2D eigenvalue weighted by Gasteiger charge is 2.46. The normalized spacial score (nSPS) is 24.5. The van der Waals surface area contributed by atoms with Gasteiger partial charge in [0.2, 0.25) is 5.91 Å². The van der Waals surface area contributed by atoms with Crippen molar-refractivity contribution in [1.29, 1.82) is 0 Å². The highest BCUT2D eigenvalue weighted by molar-refractivity contribution is 7.09. The highest BCUT2D eigenvalue weighted by atomic mass is 32.1. The molecule has 1 aliphatic carbocycles. The summed E-state index contributed by atoms with van der Waals surface area (Å²) in [6.45, 7) is 0.490. The lowest BCUT2D eigenvalue weighted by Gasteiger charge is -2.43. The monoisotopic (exact) mass is 465 g/mol. The number of benzene rings is 1. The summed E-state index contributed by atoms with van der Waals surface area (Å²) in [4.78, 5) is 30.4. The molecule has 2 amide bonds. The van der Waals surface area contributed by atoms with Crippen LogP contribution in [-0.4, -0.2) is 42.5 Å². The van der Waals surface area contributed by atoms with Gasteiger partial charge in [-0.3, -0.25) is 9.59 Å². The van der Waals surface area contributed by atoms with Crippen LogP contribution >= 0.6 is 11.3 Å². The SMILES string of the molecule is COc1ccccc1[C@@H]1C2=C(CNC2=O)N[C@@H]2CCCC[C@H]2N1C(=O)CCCc1cccs1. The molecule has 2 aromatic rings. The number of nitrogens with zero attached hydrogens (tertiary/aromatic N) is 1. The number of nitrogens with one attached hydrogen (secondary N) is 2.